The molecule has 0 saturated heterocycles. The summed E-state index contributed by atoms with van der Waals surface area (Å²) in [6.45, 7) is 6.78. The van der Waals surface area contributed by atoms with E-state index in [-0.39, 0.29) is 5.91 Å². The average molecular weight is 435 g/mol. The van der Waals surface area contributed by atoms with Gasteiger partial charge in [0.05, 0.1) is 11.4 Å². The van der Waals surface area contributed by atoms with Gasteiger partial charge >= 0.3 is 0 Å². The van der Waals surface area contributed by atoms with E-state index < -0.39 is 0 Å². The van der Waals surface area contributed by atoms with E-state index in [1.54, 1.807) is 10.8 Å². The molecule has 33 heavy (non-hydrogen) atoms. The summed E-state index contributed by atoms with van der Waals surface area (Å²) in [5.74, 6) is 1.06. The summed E-state index contributed by atoms with van der Waals surface area (Å²) >= 11 is 0. The Balaban J connectivity index is 1.65. The van der Waals surface area contributed by atoms with E-state index >= 15 is 0 Å². The van der Waals surface area contributed by atoms with Crippen LogP contribution >= 0.6 is 0 Å². The van der Waals surface area contributed by atoms with Crippen LogP contribution in [-0.2, 0) is 0 Å². The third-order valence-electron chi connectivity index (χ3n) is 6.97. The molecule has 1 aliphatic rings. The zero-order chi connectivity index (χ0) is 22.9. The molecule has 166 valence electrons. The maximum absolute atomic E-state index is 13.4. The summed E-state index contributed by atoms with van der Waals surface area (Å²) in [5.41, 5.74) is 5.40. The summed E-state index contributed by atoms with van der Waals surface area (Å²) in [5, 5.41) is 7.38. The molecule has 0 fully saturated rings. The van der Waals surface area contributed by atoms with E-state index in [9.17, 15) is 4.79 Å². The number of nitrogens with zero attached hydrogens (tertiary/aromatic N) is 2. The number of carbonyl (C=O) groups is 1. The molecule has 0 N–H and O–H groups in total. The van der Waals surface area contributed by atoms with Gasteiger partial charge in [-0.15, -0.1) is 0 Å². The maximum Gasteiger partial charge on any atom is 0.271 e. The Hall–Kier alpha value is -3.46. The van der Waals surface area contributed by atoms with Gasteiger partial charge < -0.3 is 0 Å². The molecule has 0 spiro atoms. The number of allylic oxidation sites excluding steroid dienone is 1. The largest absolute Gasteiger partial charge is 0.271 e. The van der Waals surface area contributed by atoms with Crippen molar-refractivity contribution in [3.63, 3.8) is 0 Å². The second-order valence-corrected chi connectivity index (χ2v) is 9.53. The van der Waals surface area contributed by atoms with Gasteiger partial charge in [-0.3, -0.25) is 4.79 Å². The molecule has 0 amide bonds. The Morgan fingerprint density at radius 3 is 2.45 bits per heavy atom. The van der Waals surface area contributed by atoms with Crippen LogP contribution in [0.25, 0.3) is 28.1 Å². The van der Waals surface area contributed by atoms with Crippen molar-refractivity contribution < 1.29 is 4.79 Å². The monoisotopic (exact) mass is 434 g/mol. The minimum Gasteiger partial charge on any atom is -0.267 e. The number of aromatic nitrogens is 2. The second kappa shape index (κ2) is 8.82. The quantitative estimate of drug-likeness (QED) is 0.309. The lowest BCUT2D eigenvalue weighted by Crippen LogP contribution is -2.23. The molecule has 0 bridgehead atoms. The van der Waals surface area contributed by atoms with Crippen LogP contribution in [0.3, 0.4) is 0 Å². The highest BCUT2D eigenvalue weighted by atomic mass is 16.2. The molecule has 4 aromatic rings. The first kappa shape index (κ1) is 21.4. The molecule has 1 aliphatic carbocycles. The molecule has 0 unspecified atom stereocenters. The molecule has 1 heterocycles. The number of carbonyl (C=O) groups excluding carboxylic acids is 1. The first-order valence-electron chi connectivity index (χ1n) is 11.9. The molecule has 0 aliphatic heterocycles. The van der Waals surface area contributed by atoms with Crippen LogP contribution in [0, 0.1) is 5.92 Å². The number of hydrogen-bond acceptors (Lipinski definition) is 2. The zero-order valence-electron chi connectivity index (χ0n) is 19.5. The molecular weight excluding hydrogens is 404 g/mol. The van der Waals surface area contributed by atoms with Crippen molar-refractivity contribution in [2.45, 2.75) is 45.4 Å². The molecule has 3 heteroatoms. The van der Waals surface area contributed by atoms with E-state index in [4.69, 9.17) is 5.10 Å². The second-order valence-electron chi connectivity index (χ2n) is 9.53. The molecule has 0 radical (unpaired) electrons. The van der Waals surface area contributed by atoms with Crippen molar-refractivity contribution >= 4 is 22.8 Å². The molecule has 5 rings (SSSR count). The third kappa shape index (κ3) is 4.04. The predicted octanol–water partition coefficient (Wildman–Crippen LogP) is 7.69. The fourth-order valence-corrected chi connectivity index (χ4v) is 5.17. The molecular formula is C30H30N2O. The lowest BCUT2D eigenvalue weighted by atomic mass is 9.75. The lowest BCUT2D eigenvalue weighted by molar-refractivity contribution is 0.0947. The highest BCUT2D eigenvalue weighted by molar-refractivity contribution is 5.95. The number of rotatable bonds is 4. The topological polar surface area (TPSA) is 34.9 Å². The highest BCUT2D eigenvalue weighted by Gasteiger charge is 2.35. The van der Waals surface area contributed by atoms with Crippen LogP contribution in [0.15, 0.2) is 78.9 Å². The van der Waals surface area contributed by atoms with Crippen LogP contribution in [0.5, 0.6) is 0 Å². The van der Waals surface area contributed by atoms with Gasteiger partial charge in [0.25, 0.3) is 5.91 Å². The van der Waals surface area contributed by atoms with E-state index in [2.05, 4.69) is 63.2 Å². The maximum atomic E-state index is 13.4. The summed E-state index contributed by atoms with van der Waals surface area (Å²) in [6.07, 6.45) is 5.74. The molecule has 0 saturated carbocycles. The summed E-state index contributed by atoms with van der Waals surface area (Å²) in [4.78, 5) is 13.4. The third-order valence-corrected chi connectivity index (χ3v) is 6.97. The van der Waals surface area contributed by atoms with E-state index in [0.717, 1.165) is 35.4 Å². The minimum atomic E-state index is -0.0816. The van der Waals surface area contributed by atoms with Crippen molar-refractivity contribution in [2.75, 3.05) is 0 Å². The van der Waals surface area contributed by atoms with Crippen LogP contribution in [-0.4, -0.2) is 15.7 Å². The summed E-state index contributed by atoms with van der Waals surface area (Å²) < 4.78 is 1.69. The number of fused-ring (bicyclic) bond motifs is 2. The Morgan fingerprint density at radius 2 is 1.70 bits per heavy atom. The van der Waals surface area contributed by atoms with Gasteiger partial charge in [-0.25, -0.2) is 4.68 Å². The van der Waals surface area contributed by atoms with Crippen molar-refractivity contribution in [3.05, 3.63) is 95.7 Å². The Labute approximate surface area is 195 Å². The van der Waals surface area contributed by atoms with Gasteiger partial charge in [0, 0.05) is 23.1 Å². The fourth-order valence-electron chi connectivity index (χ4n) is 5.17. The van der Waals surface area contributed by atoms with Crippen LogP contribution in [0.2, 0.25) is 0 Å². The predicted molar refractivity (Wildman–Crippen MR) is 136 cm³/mol. The van der Waals surface area contributed by atoms with Crippen LogP contribution in [0.1, 0.15) is 67.1 Å². The van der Waals surface area contributed by atoms with Crippen LogP contribution in [0.4, 0.5) is 0 Å². The lowest BCUT2D eigenvalue weighted by Gasteiger charge is -2.30. The van der Waals surface area contributed by atoms with Gasteiger partial charge in [-0.2, -0.15) is 5.10 Å². The Bertz CT molecular complexity index is 1330. The molecule has 3 aromatic carbocycles. The van der Waals surface area contributed by atoms with Crippen molar-refractivity contribution in [3.8, 4) is 11.3 Å². The van der Waals surface area contributed by atoms with Gasteiger partial charge in [0.1, 0.15) is 0 Å². The van der Waals surface area contributed by atoms with E-state index in [1.165, 1.54) is 16.3 Å². The van der Waals surface area contributed by atoms with Crippen molar-refractivity contribution in [1.82, 2.24) is 9.78 Å². The summed E-state index contributed by atoms with van der Waals surface area (Å²) in [7, 11) is 0. The number of hydrogen-bond donors (Lipinski definition) is 0. The fraction of sp³-hybridized carbons (Fsp3) is 0.267. The zero-order valence-corrected chi connectivity index (χ0v) is 19.5. The highest BCUT2D eigenvalue weighted by Crippen LogP contribution is 2.46. The van der Waals surface area contributed by atoms with Gasteiger partial charge in [-0.05, 0) is 53.2 Å². The SMILES string of the molecule is CC(C)[C@H]1CC[C@H](C)c2c(-c3ccc4ccccc4c3)nn(C(=O)/C=C/c3ccccc3)c21. The Kier molecular flexibility index (Phi) is 5.72. The standard InChI is InChI=1S/C30H30N2O/c1-20(2)26-17-13-21(3)28-29(25-16-15-23-11-7-8-12-24(23)19-25)31-32(30(26)28)27(33)18-14-22-9-5-4-6-10-22/h4-12,14-16,18-21,26H,13,17H2,1-3H3/b18-14+/t21-,26+/m0/s1. The van der Waals surface area contributed by atoms with Crippen molar-refractivity contribution in [1.29, 1.82) is 0 Å². The minimum absolute atomic E-state index is 0.0816. The van der Waals surface area contributed by atoms with Gasteiger partial charge in [-0.1, -0.05) is 87.5 Å². The molecule has 1 aromatic heterocycles. The van der Waals surface area contributed by atoms with E-state index in [1.807, 2.05) is 36.4 Å². The molecule has 3 nitrogen and oxygen atoms in total. The van der Waals surface area contributed by atoms with Crippen LogP contribution < -0.4 is 0 Å². The normalized spacial score (nSPS) is 18.2. The van der Waals surface area contributed by atoms with Gasteiger partial charge in [0.15, 0.2) is 0 Å². The first-order chi connectivity index (χ1) is 16.0. The smallest absolute Gasteiger partial charge is 0.267 e. The average Bonchev–Trinajstić information content (AvgIpc) is 3.24. The summed E-state index contributed by atoms with van der Waals surface area (Å²) in [6, 6.07) is 24.8. The van der Waals surface area contributed by atoms with Crippen molar-refractivity contribution in [2.24, 2.45) is 5.92 Å². The first-order valence-corrected chi connectivity index (χ1v) is 11.9. The Morgan fingerprint density at radius 1 is 0.970 bits per heavy atom. The number of benzene rings is 3. The van der Waals surface area contributed by atoms with Gasteiger partial charge in [0.2, 0.25) is 0 Å². The molecule has 2 atom stereocenters. The van der Waals surface area contributed by atoms with E-state index in [0.29, 0.717) is 17.8 Å².